The number of guanidine groups is 1. The van der Waals surface area contributed by atoms with E-state index < -0.39 is 0 Å². The molecule has 22 heavy (non-hydrogen) atoms. The van der Waals surface area contributed by atoms with E-state index in [9.17, 15) is 4.39 Å². The fourth-order valence-electron chi connectivity index (χ4n) is 2.59. The minimum atomic E-state index is -0.296. The van der Waals surface area contributed by atoms with E-state index in [1.807, 2.05) is 7.05 Å². The summed E-state index contributed by atoms with van der Waals surface area (Å²) in [7, 11) is 1.81. The first-order valence-electron chi connectivity index (χ1n) is 7.49. The number of hydrogen-bond acceptors (Lipinski definition) is 1. The molecule has 2 rings (SSSR count). The van der Waals surface area contributed by atoms with Crippen LogP contribution in [0.3, 0.4) is 0 Å². The van der Waals surface area contributed by atoms with Gasteiger partial charge in [0.1, 0.15) is 5.82 Å². The quantitative estimate of drug-likeness (QED) is 0.439. The molecule has 0 spiro atoms. The van der Waals surface area contributed by atoms with Gasteiger partial charge in [0.05, 0.1) is 0 Å². The van der Waals surface area contributed by atoms with Gasteiger partial charge in [0.15, 0.2) is 5.96 Å². The molecule has 0 radical (unpaired) electrons. The maximum absolute atomic E-state index is 13.0. The number of likely N-dealkylation sites (tertiary alicyclic amines) is 1. The summed E-state index contributed by atoms with van der Waals surface area (Å²) < 4.78 is 13.0. The van der Waals surface area contributed by atoms with Gasteiger partial charge in [-0.1, -0.05) is 24.6 Å². The van der Waals surface area contributed by atoms with Gasteiger partial charge in [0.2, 0.25) is 0 Å². The Labute approximate surface area is 154 Å². The van der Waals surface area contributed by atoms with Crippen LogP contribution >= 0.6 is 35.6 Å². The molecule has 0 bridgehead atoms. The predicted molar refractivity (Wildman–Crippen MR) is 102 cm³/mol. The first kappa shape index (κ1) is 19.5. The van der Waals surface area contributed by atoms with Crippen molar-refractivity contribution in [1.29, 1.82) is 0 Å². The Kier molecular flexibility index (Phi) is 8.46. The smallest absolute Gasteiger partial charge is 0.193 e. The standard InChI is InChI=1S/C16H23ClFN3.HI/c1-12-6-9-21(10-7-12)16(19-2)20-8-5-13-3-4-14(18)11-15(13)17;/h3-4,11-12H,5-10H2,1-2H3,(H,19,20);1H. The second-order valence-electron chi connectivity index (χ2n) is 5.63. The average Bonchev–Trinajstić information content (AvgIpc) is 2.47. The van der Waals surface area contributed by atoms with Gasteiger partial charge in [-0.25, -0.2) is 4.39 Å². The summed E-state index contributed by atoms with van der Waals surface area (Å²) in [6, 6.07) is 4.55. The van der Waals surface area contributed by atoms with Crippen LogP contribution in [0.4, 0.5) is 4.39 Å². The maximum atomic E-state index is 13.0. The van der Waals surface area contributed by atoms with Crippen LogP contribution in [-0.2, 0) is 6.42 Å². The largest absolute Gasteiger partial charge is 0.356 e. The average molecular weight is 440 g/mol. The number of rotatable bonds is 3. The molecule has 1 aliphatic rings. The third-order valence-electron chi connectivity index (χ3n) is 3.99. The van der Waals surface area contributed by atoms with Gasteiger partial charge in [-0.05, 0) is 42.9 Å². The lowest BCUT2D eigenvalue weighted by Crippen LogP contribution is -2.45. The monoisotopic (exact) mass is 439 g/mol. The Morgan fingerprint density at radius 2 is 2.09 bits per heavy atom. The van der Waals surface area contributed by atoms with Crippen LogP contribution in [0.25, 0.3) is 0 Å². The van der Waals surface area contributed by atoms with Crippen LogP contribution in [0, 0.1) is 11.7 Å². The van der Waals surface area contributed by atoms with E-state index in [0.717, 1.165) is 43.5 Å². The minimum Gasteiger partial charge on any atom is -0.356 e. The first-order chi connectivity index (χ1) is 10.1. The summed E-state index contributed by atoms with van der Waals surface area (Å²) in [6.07, 6.45) is 3.18. The molecule has 124 valence electrons. The van der Waals surface area contributed by atoms with E-state index in [1.165, 1.54) is 25.0 Å². The van der Waals surface area contributed by atoms with Gasteiger partial charge < -0.3 is 10.2 Å². The zero-order valence-electron chi connectivity index (χ0n) is 13.1. The number of nitrogens with one attached hydrogen (secondary N) is 1. The summed E-state index contributed by atoms with van der Waals surface area (Å²) >= 11 is 6.04. The van der Waals surface area contributed by atoms with Crippen LogP contribution in [0.5, 0.6) is 0 Å². The van der Waals surface area contributed by atoms with Crippen molar-refractivity contribution in [3.63, 3.8) is 0 Å². The van der Waals surface area contributed by atoms with E-state index in [0.29, 0.717) is 5.02 Å². The molecule has 0 aliphatic carbocycles. The molecule has 1 aromatic rings. The van der Waals surface area contributed by atoms with Crippen LogP contribution in [0.1, 0.15) is 25.3 Å². The molecule has 6 heteroatoms. The number of aliphatic imine (C=N–C) groups is 1. The highest BCUT2D eigenvalue weighted by molar-refractivity contribution is 14.0. The third kappa shape index (κ3) is 5.57. The van der Waals surface area contributed by atoms with Gasteiger partial charge in [-0.3, -0.25) is 4.99 Å². The number of piperidine rings is 1. The van der Waals surface area contributed by atoms with E-state index in [-0.39, 0.29) is 29.8 Å². The van der Waals surface area contributed by atoms with E-state index in [4.69, 9.17) is 11.6 Å². The van der Waals surface area contributed by atoms with Crippen LogP contribution < -0.4 is 5.32 Å². The highest BCUT2D eigenvalue weighted by Gasteiger charge is 2.18. The summed E-state index contributed by atoms with van der Waals surface area (Å²) in [6.45, 7) is 5.14. The Bertz CT molecular complexity index is 502. The highest BCUT2D eigenvalue weighted by Crippen LogP contribution is 2.18. The molecule has 1 fully saturated rings. The molecule has 0 aromatic heterocycles. The second-order valence-corrected chi connectivity index (χ2v) is 6.04. The molecule has 0 atom stereocenters. The maximum Gasteiger partial charge on any atom is 0.193 e. The first-order valence-corrected chi connectivity index (χ1v) is 7.87. The van der Waals surface area contributed by atoms with E-state index >= 15 is 0 Å². The van der Waals surface area contributed by atoms with Crippen molar-refractivity contribution in [2.75, 3.05) is 26.7 Å². The van der Waals surface area contributed by atoms with Gasteiger partial charge in [0.25, 0.3) is 0 Å². The molecule has 0 amide bonds. The van der Waals surface area contributed by atoms with Crippen molar-refractivity contribution in [1.82, 2.24) is 10.2 Å². The van der Waals surface area contributed by atoms with Crippen molar-refractivity contribution in [2.45, 2.75) is 26.2 Å². The Morgan fingerprint density at radius 1 is 1.41 bits per heavy atom. The highest BCUT2D eigenvalue weighted by atomic mass is 127. The second kappa shape index (κ2) is 9.55. The molecule has 3 nitrogen and oxygen atoms in total. The molecule has 1 heterocycles. The Hall–Kier alpha value is -0.560. The summed E-state index contributed by atoms with van der Waals surface area (Å²) in [5.41, 5.74) is 0.952. The summed E-state index contributed by atoms with van der Waals surface area (Å²) in [5.74, 6) is 1.45. The van der Waals surface area contributed by atoms with Gasteiger partial charge in [0, 0.05) is 31.7 Å². The minimum absolute atomic E-state index is 0. The summed E-state index contributed by atoms with van der Waals surface area (Å²) in [4.78, 5) is 6.64. The SMILES string of the molecule is CN=C(NCCc1ccc(F)cc1Cl)N1CCC(C)CC1.I. The van der Waals surface area contributed by atoms with Gasteiger partial charge >= 0.3 is 0 Å². The van der Waals surface area contributed by atoms with Crippen molar-refractivity contribution in [3.05, 3.63) is 34.6 Å². The summed E-state index contributed by atoms with van der Waals surface area (Å²) in [5, 5.41) is 3.85. The molecular weight excluding hydrogens is 416 g/mol. The van der Waals surface area contributed by atoms with Crippen LogP contribution in [0.15, 0.2) is 23.2 Å². The third-order valence-corrected chi connectivity index (χ3v) is 4.34. The van der Waals surface area contributed by atoms with Crippen molar-refractivity contribution < 1.29 is 4.39 Å². The normalized spacial score (nSPS) is 16.4. The zero-order valence-corrected chi connectivity index (χ0v) is 16.2. The lowest BCUT2D eigenvalue weighted by Gasteiger charge is -2.32. The molecule has 1 aliphatic heterocycles. The molecule has 1 saturated heterocycles. The predicted octanol–water partition coefficient (Wildman–Crippen LogP) is 3.95. The Morgan fingerprint density at radius 3 is 2.68 bits per heavy atom. The lowest BCUT2D eigenvalue weighted by atomic mass is 10.00. The molecule has 1 N–H and O–H groups in total. The number of nitrogens with zero attached hydrogens (tertiary/aromatic N) is 2. The number of halogens is 3. The van der Waals surface area contributed by atoms with Crippen LogP contribution in [0.2, 0.25) is 5.02 Å². The number of hydrogen-bond donors (Lipinski definition) is 1. The zero-order chi connectivity index (χ0) is 15.2. The molecule has 1 aromatic carbocycles. The van der Waals surface area contributed by atoms with Crippen molar-refractivity contribution in [2.24, 2.45) is 10.9 Å². The number of benzene rings is 1. The molecular formula is C16H24ClFIN3. The fraction of sp³-hybridized carbons (Fsp3) is 0.562. The van der Waals surface area contributed by atoms with Crippen molar-refractivity contribution in [3.8, 4) is 0 Å². The van der Waals surface area contributed by atoms with Gasteiger partial charge in [-0.15, -0.1) is 24.0 Å². The Balaban J connectivity index is 0.00000242. The molecule has 0 saturated carbocycles. The van der Waals surface area contributed by atoms with Crippen LogP contribution in [-0.4, -0.2) is 37.5 Å². The van der Waals surface area contributed by atoms with E-state index in [2.05, 4.69) is 22.1 Å². The van der Waals surface area contributed by atoms with Crippen molar-refractivity contribution >= 4 is 41.5 Å². The topological polar surface area (TPSA) is 27.6 Å². The van der Waals surface area contributed by atoms with Gasteiger partial charge in [-0.2, -0.15) is 0 Å². The van der Waals surface area contributed by atoms with E-state index in [1.54, 1.807) is 6.07 Å². The lowest BCUT2D eigenvalue weighted by molar-refractivity contribution is 0.273. The fourth-order valence-corrected chi connectivity index (χ4v) is 2.85. The molecule has 0 unspecified atom stereocenters.